The van der Waals surface area contributed by atoms with Gasteiger partial charge in [0.2, 0.25) is 5.76 Å². The van der Waals surface area contributed by atoms with Crippen LogP contribution in [0.1, 0.15) is 78.1 Å². The number of esters is 1. The normalized spacial score (nSPS) is 14.2. The van der Waals surface area contributed by atoms with Gasteiger partial charge in [0.1, 0.15) is 11.4 Å². The molecule has 42 heavy (non-hydrogen) atoms. The van der Waals surface area contributed by atoms with Crippen molar-refractivity contribution in [3.8, 4) is 11.5 Å². The van der Waals surface area contributed by atoms with Crippen molar-refractivity contribution < 1.29 is 32.6 Å². The van der Waals surface area contributed by atoms with Gasteiger partial charge in [-0.05, 0) is 79.9 Å². The highest BCUT2D eigenvalue weighted by Gasteiger charge is 2.44. The summed E-state index contributed by atoms with van der Waals surface area (Å²) in [6, 6.07) is 14.3. The van der Waals surface area contributed by atoms with Gasteiger partial charge in [-0.15, -0.1) is 0 Å². The monoisotopic (exact) mass is 573 g/mol. The average Bonchev–Trinajstić information content (AvgIpc) is 3.29. The number of amides is 1. The van der Waals surface area contributed by atoms with E-state index in [2.05, 4.69) is 0 Å². The van der Waals surface area contributed by atoms with Crippen molar-refractivity contribution in [1.29, 1.82) is 0 Å². The lowest BCUT2D eigenvalue weighted by atomic mass is 9.97. The molecule has 2 heterocycles. The fourth-order valence-electron chi connectivity index (χ4n) is 4.97. The van der Waals surface area contributed by atoms with E-state index in [1.165, 1.54) is 17.0 Å². The number of carbonyl (C=O) groups is 2. The van der Waals surface area contributed by atoms with Crippen LogP contribution in [0.4, 0.5) is 10.1 Å². The maximum absolute atomic E-state index is 14.2. The first kappa shape index (κ1) is 28.9. The average molecular weight is 574 g/mol. The van der Waals surface area contributed by atoms with Gasteiger partial charge in [-0.3, -0.25) is 14.5 Å². The molecule has 0 N–H and O–H groups in total. The second kappa shape index (κ2) is 12.5. The smallest absolute Gasteiger partial charge is 0.338 e. The topological polar surface area (TPSA) is 95.3 Å². The Hall–Kier alpha value is -4.66. The van der Waals surface area contributed by atoms with Crippen LogP contribution in [0, 0.1) is 5.82 Å². The van der Waals surface area contributed by atoms with Gasteiger partial charge in [0.05, 0.1) is 42.4 Å². The van der Waals surface area contributed by atoms with Crippen LogP contribution in [0.5, 0.6) is 11.5 Å². The number of benzene rings is 3. The Labute approximate surface area is 242 Å². The molecule has 9 heteroatoms. The Kier molecular flexibility index (Phi) is 8.56. The fourth-order valence-corrected chi connectivity index (χ4v) is 4.97. The van der Waals surface area contributed by atoms with E-state index in [1.54, 1.807) is 42.5 Å². The largest absolute Gasteiger partial charge is 0.490 e. The summed E-state index contributed by atoms with van der Waals surface area (Å²) < 4.78 is 37.1. The Morgan fingerprint density at radius 2 is 1.69 bits per heavy atom. The highest BCUT2D eigenvalue weighted by Crippen LogP contribution is 2.43. The number of nitrogens with zero attached hydrogens (tertiary/aromatic N) is 1. The lowest BCUT2D eigenvalue weighted by Gasteiger charge is -2.26. The van der Waals surface area contributed by atoms with Crippen molar-refractivity contribution in [2.24, 2.45) is 0 Å². The summed E-state index contributed by atoms with van der Waals surface area (Å²) in [5.41, 5.74) is 1.03. The van der Waals surface area contributed by atoms with E-state index in [0.717, 1.165) is 25.3 Å². The van der Waals surface area contributed by atoms with Crippen molar-refractivity contribution in [3.05, 3.63) is 99.2 Å². The molecule has 1 atom stereocenters. The molecule has 0 saturated carbocycles. The molecule has 3 aromatic carbocycles. The zero-order chi connectivity index (χ0) is 29.8. The maximum Gasteiger partial charge on any atom is 0.338 e. The van der Waals surface area contributed by atoms with Crippen LogP contribution in [-0.2, 0) is 4.74 Å². The molecule has 1 aliphatic heterocycles. The molecule has 8 nitrogen and oxygen atoms in total. The zero-order valence-corrected chi connectivity index (χ0v) is 23.8. The Morgan fingerprint density at radius 3 is 2.40 bits per heavy atom. The molecule has 1 amide bonds. The second-order valence-corrected chi connectivity index (χ2v) is 9.92. The van der Waals surface area contributed by atoms with Gasteiger partial charge in [0.25, 0.3) is 5.91 Å². The molecule has 218 valence electrons. The number of ether oxygens (including phenoxy) is 3. The van der Waals surface area contributed by atoms with Crippen LogP contribution in [0.15, 0.2) is 69.9 Å². The van der Waals surface area contributed by atoms with E-state index < -0.39 is 29.2 Å². The van der Waals surface area contributed by atoms with Gasteiger partial charge < -0.3 is 18.6 Å². The van der Waals surface area contributed by atoms with Crippen LogP contribution in [0.3, 0.4) is 0 Å². The van der Waals surface area contributed by atoms with Gasteiger partial charge in [-0.1, -0.05) is 26.3 Å². The van der Waals surface area contributed by atoms with Gasteiger partial charge in [0.15, 0.2) is 16.9 Å². The molecular weight excluding hydrogens is 541 g/mol. The Balaban J connectivity index is 1.64. The van der Waals surface area contributed by atoms with Gasteiger partial charge in [0, 0.05) is 5.69 Å². The summed E-state index contributed by atoms with van der Waals surface area (Å²) in [6.45, 7) is 7.03. The molecule has 0 bridgehead atoms. The third-order valence-corrected chi connectivity index (χ3v) is 6.99. The van der Waals surface area contributed by atoms with Crippen LogP contribution in [0.25, 0.3) is 11.0 Å². The predicted molar refractivity (Wildman–Crippen MR) is 156 cm³/mol. The highest BCUT2D eigenvalue weighted by molar-refractivity contribution is 6.10. The number of carbonyl (C=O) groups excluding carboxylic acids is 2. The van der Waals surface area contributed by atoms with E-state index in [4.69, 9.17) is 18.6 Å². The molecule has 1 aliphatic rings. The van der Waals surface area contributed by atoms with Crippen LogP contribution >= 0.6 is 0 Å². The molecule has 0 radical (unpaired) electrons. The van der Waals surface area contributed by atoms with Crippen molar-refractivity contribution >= 4 is 28.5 Å². The minimum absolute atomic E-state index is 0.0338. The molecular formula is C33H32FNO7. The van der Waals surface area contributed by atoms with E-state index in [0.29, 0.717) is 48.1 Å². The summed E-state index contributed by atoms with van der Waals surface area (Å²) in [4.78, 5) is 41.7. The molecule has 0 spiro atoms. The van der Waals surface area contributed by atoms with E-state index >= 15 is 0 Å². The Bertz CT molecular complexity index is 1680. The van der Waals surface area contributed by atoms with Crippen molar-refractivity contribution in [2.45, 2.75) is 46.1 Å². The first-order valence-corrected chi connectivity index (χ1v) is 14.1. The highest BCUT2D eigenvalue weighted by atomic mass is 19.1. The van der Waals surface area contributed by atoms with Gasteiger partial charge >= 0.3 is 5.97 Å². The number of anilines is 1. The van der Waals surface area contributed by atoms with Crippen LogP contribution < -0.4 is 19.8 Å². The van der Waals surface area contributed by atoms with Crippen molar-refractivity contribution in [1.82, 2.24) is 0 Å². The summed E-state index contributed by atoms with van der Waals surface area (Å²) in [6.07, 6.45) is 2.46. The first-order chi connectivity index (χ1) is 20.4. The second-order valence-electron chi connectivity index (χ2n) is 9.92. The fraction of sp³-hybridized carbons (Fsp3) is 0.303. The molecule has 4 aromatic rings. The molecule has 0 fully saturated rings. The first-order valence-electron chi connectivity index (χ1n) is 14.1. The van der Waals surface area contributed by atoms with E-state index in [-0.39, 0.29) is 22.3 Å². The SMILES string of the molecule is CCCCOC(=O)c1ccc(N2C(=O)c3oc4ccc(F)cc4c(=O)c3C2c2ccc(OCCC)c(OCC)c2)cc1. The summed E-state index contributed by atoms with van der Waals surface area (Å²) in [5, 5.41) is 0.0338. The molecule has 5 rings (SSSR count). The zero-order valence-electron chi connectivity index (χ0n) is 23.8. The number of fused-ring (bicyclic) bond motifs is 2. The Morgan fingerprint density at radius 1 is 0.905 bits per heavy atom. The predicted octanol–water partition coefficient (Wildman–Crippen LogP) is 6.83. The van der Waals surface area contributed by atoms with Crippen LogP contribution in [0.2, 0.25) is 0 Å². The summed E-state index contributed by atoms with van der Waals surface area (Å²) >= 11 is 0. The third kappa shape index (κ3) is 5.46. The number of rotatable bonds is 11. The molecule has 0 saturated heterocycles. The van der Waals surface area contributed by atoms with Crippen molar-refractivity contribution in [2.75, 3.05) is 24.7 Å². The molecule has 0 aliphatic carbocycles. The lowest BCUT2D eigenvalue weighted by Crippen LogP contribution is -2.29. The molecule has 1 aromatic heterocycles. The minimum atomic E-state index is -0.918. The van der Waals surface area contributed by atoms with Crippen LogP contribution in [-0.4, -0.2) is 31.7 Å². The van der Waals surface area contributed by atoms with E-state index in [1.807, 2.05) is 20.8 Å². The quantitative estimate of drug-likeness (QED) is 0.143. The molecule has 1 unspecified atom stereocenters. The lowest BCUT2D eigenvalue weighted by molar-refractivity contribution is 0.0499. The minimum Gasteiger partial charge on any atom is -0.490 e. The summed E-state index contributed by atoms with van der Waals surface area (Å²) in [7, 11) is 0. The number of halogens is 1. The number of hydrogen-bond acceptors (Lipinski definition) is 7. The maximum atomic E-state index is 14.2. The van der Waals surface area contributed by atoms with Gasteiger partial charge in [-0.25, -0.2) is 9.18 Å². The van der Waals surface area contributed by atoms with Crippen molar-refractivity contribution in [3.63, 3.8) is 0 Å². The number of hydrogen-bond donors (Lipinski definition) is 0. The standard InChI is InChI=1S/C33H32FNO7/c1-4-7-17-41-33(38)20-8-12-23(13-9-20)35-29(21-10-14-26(40-16-5-2)27(18-21)39-6-3)28-30(36)24-19-22(34)11-15-25(24)42-31(28)32(35)37/h8-15,18-19,29H,4-7,16-17H2,1-3H3. The third-order valence-electron chi connectivity index (χ3n) is 6.99. The summed E-state index contributed by atoms with van der Waals surface area (Å²) in [5.74, 6) is -0.721. The van der Waals surface area contributed by atoms with Gasteiger partial charge in [-0.2, -0.15) is 0 Å². The van der Waals surface area contributed by atoms with E-state index in [9.17, 15) is 18.8 Å². The number of unbranched alkanes of at least 4 members (excludes halogenated alkanes) is 1.